The lowest BCUT2D eigenvalue weighted by Gasteiger charge is -2.27. The van der Waals surface area contributed by atoms with Gasteiger partial charge in [-0.3, -0.25) is 0 Å². The molecule has 4 rings (SSSR count). The van der Waals surface area contributed by atoms with E-state index in [4.69, 9.17) is 0 Å². The van der Waals surface area contributed by atoms with E-state index in [1.54, 1.807) is 45.0 Å². The molecule has 3 aromatic rings. The van der Waals surface area contributed by atoms with E-state index >= 15 is 0 Å². The highest BCUT2D eigenvalue weighted by Crippen LogP contribution is 2.28. The molecule has 1 saturated heterocycles. The van der Waals surface area contributed by atoms with E-state index in [0.717, 1.165) is 11.9 Å². The van der Waals surface area contributed by atoms with Gasteiger partial charge in [-0.2, -0.15) is 0 Å². The van der Waals surface area contributed by atoms with Gasteiger partial charge in [0.25, 0.3) is 0 Å². The number of hydrogen-bond donors (Lipinski definition) is 2. The Hall–Kier alpha value is -3.02. The monoisotopic (exact) mass is 444 g/mol. The van der Waals surface area contributed by atoms with Crippen LogP contribution < -0.4 is 9.80 Å². The third-order valence-electron chi connectivity index (χ3n) is 5.31. The minimum Gasteiger partial charge on any atom is -0.394 e. The average molecular weight is 445 g/mol. The number of benzene rings is 1. The van der Waals surface area contributed by atoms with Crippen LogP contribution in [0, 0.1) is 0 Å². The number of hydrogen-bond acceptors (Lipinski definition) is 9. The summed E-state index contributed by atoms with van der Waals surface area (Å²) in [6.07, 6.45) is 1.76. The van der Waals surface area contributed by atoms with Crippen molar-refractivity contribution < 1.29 is 18.6 Å². The van der Waals surface area contributed by atoms with Crippen molar-refractivity contribution in [3.8, 4) is 11.5 Å². The summed E-state index contributed by atoms with van der Waals surface area (Å²) in [6, 6.07) is 11.7. The smallest absolute Gasteiger partial charge is 0.209 e. The van der Waals surface area contributed by atoms with Crippen molar-refractivity contribution in [1.29, 1.82) is 0 Å². The molecule has 2 atom stereocenters. The predicted octanol–water partition coefficient (Wildman–Crippen LogP) is 0.899. The van der Waals surface area contributed by atoms with Crippen LogP contribution >= 0.6 is 0 Å². The van der Waals surface area contributed by atoms with E-state index in [1.165, 1.54) is 12.1 Å². The molecule has 3 heterocycles. The van der Waals surface area contributed by atoms with Gasteiger partial charge in [-0.1, -0.05) is 6.07 Å². The van der Waals surface area contributed by atoms with Gasteiger partial charge in [-0.15, -0.1) is 10.2 Å². The van der Waals surface area contributed by atoms with Gasteiger partial charge in [-0.05, 0) is 43.3 Å². The highest BCUT2D eigenvalue weighted by molar-refractivity contribution is 7.90. The molecule has 1 aliphatic heterocycles. The molecule has 2 aromatic heterocycles. The maximum atomic E-state index is 11.7. The van der Waals surface area contributed by atoms with Crippen LogP contribution in [0.25, 0.3) is 11.5 Å². The van der Waals surface area contributed by atoms with Crippen LogP contribution in [-0.2, 0) is 9.84 Å². The van der Waals surface area contributed by atoms with E-state index in [0.29, 0.717) is 30.4 Å². The topological polar surface area (TPSA) is 125 Å². The number of nitrogens with zero attached hydrogens (tertiary/aromatic N) is 6. The Bertz CT molecular complexity index is 1160. The largest absolute Gasteiger partial charge is 0.394 e. The second-order valence-electron chi connectivity index (χ2n) is 7.47. The van der Waals surface area contributed by atoms with Crippen molar-refractivity contribution in [2.45, 2.75) is 24.2 Å². The first-order valence-electron chi connectivity index (χ1n) is 9.79. The SMILES string of the molecule is CC(CO)n1cnnc1-c1cccc(N2CCN(c3ccc(S(C)(=O)=O)cc3)C2O)n1. The molecule has 2 unspecified atom stereocenters. The lowest BCUT2D eigenvalue weighted by atomic mass is 10.3. The molecule has 31 heavy (non-hydrogen) atoms. The summed E-state index contributed by atoms with van der Waals surface area (Å²) in [6.45, 7) is 2.88. The molecule has 1 fully saturated rings. The molecule has 0 aliphatic carbocycles. The van der Waals surface area contributed by atoms with Gasteiger partial charge in [0.05, 0.1) is 17.5 Å². The molecule has 1 aromatic carbocycles. The zero-order valence-corrected chi connectivity index (χ0v) is 18.0. The van der Waals surface area contributed by atoms with Crippen LogP contribution in [0.4, 0.5) is 11.5 Å². The van der Waals surface area contributed by atoms with Gasteiger partial charge in [0.15, 0.2) is 15.7 Å². The summed E-state index contributed by atoms with van der Waals surface area (Å²) in [7, 11) is -3.28. The molecule has 10 nitrogen and oxygen atoms in total. The van der Waals surface area contributed by atoms with Crippen LogP contribution in [0.5, 0.6) is 0 Å². The molecule has 2 N–H and O–H groups in total. The Balaban J connectivity index is 1.58. The molecule has 0 spiro atoms. The molecule has 0 radical (unpaired) electrons. The highest BCUT2D eigenvalue weighted by Gasteiger charge is 2.31. The molecule has 164 valence electrons. The molecule has 0 bridgehead atoms. The van der Waals surface area contributed by atoms with E-state index in [-0.39, 0.29) is 17.5 Å². The van der Waals surface area contributed by atoms with Crippen molar-refractivity contribution in [1.82, 2.24) is 19.7 Å². The fourth-order valence-corrected chi connectivity index (χ4v) is 4.17. The summed E-state index contributed by atoms with van der Waals surface area (Å²) in [4.78, 5) is 8.42. The molecule has 11 heteroatoms. The van der Waals surface area contributed by atoms with Crippen molar-refractivity contribution >= 4 is 21.3 Å². The van der Waals surface area contributed by atoms with Crippen LogP contribution in [0.15, 0.2) is 53.7 Å². The van der Waals surface area contributed by atoms with Crippen LogP contribution in [0.3, 0.4) is 0 Å². The first-order valence-corrected chi connectivity index (χ1v) is 11.7. The number of aromatic nitrogens is 4. The molecule has 1 aliphatic rings. The lowest BCUT2D eigenvalue weighted by molar-refractivity contribution is 0.188. The zero-order valence-electron chi connectivity index (χ0n) is 17.2. The summed E-state index contributed by atoms with van der Waals surface area (Å²) >= 11 is 0. The number of sulfone groups is 1. The van der Waals surface area contributed by atoms with E-state index in [2.05, 4.69) is 15.2 Å². The summed E-state index contributed by atoms with van der Waals surface area (Å²) in [5.41, 5.74) is 1.30. The normalized spacial score (nSPS) is 17.9. The Morgan fingerprint density at radius 3 is 2.52 bits per heavy atom. The van der Waals surface area contributed by atoms with Gasteiger partial charge in [0, 0.05) is 25.0 Å². The second-order valence-corrected chi connectivity index (χ2v) is 9.49. The van der Waals surface area contributed by atoms with Gasteiger partial charge >= 0.3 is 0 Å². The number of aliphatic hydroxyl groups excluding tert-OH is 2. The number of anilines is 2. The molecular formula is C20H24N6O4S. The lowest BCUT2D eigenvalue weighted by Crippen LogP contribution is -2.39. The van der Waals surface area contributed by atoms with Gasteiger partial charge in [0.2, 0.25) is 6.35 Å². The average Bonchev–Trinajstić information content (AvgIpc) is 3.40. The van der Waals surface area contributed by atoms with Crippen LogP contribution in [0.1, 0.15) is 13.0 Å². The Labute approximate surface area is 180 Å². The van der Waals surface area contributed by atoms with E-state index < -0.39 is 16.2 Å². The first-order chi connectivity index (χ1) is 14.8. The zero-order chi connectivity index (χ0) is 22.2. The Morgan fingerprint density at radius 2 is 1.84 bits per heavy atom. The molecule has 0 saturated carbocycles. The Morgan fingerprint density at radius 1 is 1.13 bits per heavy atom. The third-order valence-corrected chi connectivity index (χ3v) is 6.43. The minimum absolute atomic E-state index is 0.0529. The van der Waals surface area contributed by atoms with E-state index in [9.17, 15) is 18.6 Å². The van der Waals surface area contributed by atoms with Crippen molar-refractivity contribution in [2.75, 3.05) is 35.8 Å². The number of aliphatic hydroxyl groups is 2. The summed E-state index contributed by atoms with van der Waals surface area (Å²) < 4.78 is 25.1. The number of pyridine rings is 1. The predicted molar refractivity (Wildman–Crippen MR) is 115 cm³/mol. The summed E-state index contributed by atoms with van der Waals surface area (Å²) in [5, 5.41) is 28.4. The molecule has 0 amide bonds. The standard InChI is InChI=1S/C20H24N6O4S/c1-14(12-27)26-13-21-23-19(26)17-4-3-5-18(22-17)25-11-10-24(20(25)28)15-6-8-16(9-7-15)31(2,29)30/h3-9,13-14,20,27-28H,10-12H2,1-2H3. The molecular weight excluding hydrogens is 420 g/mol. The first kappa shape index (κ1) is 21.2. The van der Waals surface area contributed by atoms with Crippen LogP contribution in [0.2, 0.25) is 0 Å². The second kappa shape index (κ2) is 8.25. The maximum Gasteiger partial charge on any atom is 0.209 e. The Kier molecular flexibility index (Phi) is 5.65. The van der Waals surface area contributed by atoms with Gasteiger partial charge in [-0.25, -0.2) is 13.4 Å². The summed E-state index contributed by atoms with van der Waals surface area (Å²) in [5.74, 6) is 1.11. The van der Waals surface area contributed by atoms with Crippen LogP contribution in [-0.4, -0.2) is 70.7 Å². The van der Waals surface area contributed by atoms with Crippen molar-refractivity contribution in [3.63, 3.8) is 0 Å². The fourth-order valence-electron chi connectivity index (χ4n) is 3.54. The van der Waals surface area contributed by atoms with Gasteiger partial charge < -0.3 is 24.6 Å². The third kappa shape index (κ3) is 4.11. The highest BCUT2D eigenvalue weighted by atomic mass is 32.2. The van der Waals surface area contributed by atoms with Gasteiger partial charge in [0.1, 0.15) is 17.8 Å². The van der Waals surface area contributed by atoms with E-state index in [1.807, 2.05) is 13.0 Å². The quantitative estimate of drug-likeness (QED) is 0.570. The number of rotatable bonds is 6. The maximum absolute atomic E-state index is 11.7. The minimum atomic E-state index is -3.28. The van der Waals surface area contributed by atoms with Crippen molar-refractivity contribution in [2.24, 2.45) is 0 Å². The fraction of sp³-hybridized carbons (Fsp3) is 0.350. The van der Waals surface area contributed by atoms with Crippen molar-refractivity contribution in [3.05, 3.63) is 48.8 Å².